The summed E-state index contributed by atoms with van der Waals surface area (Å²) in [6, 6.07) is 16.4. The molecule has 1 heterocycles. The van der Waals surface area contributed by atoms with Crippen molar-refractivity contribution in [1.82, 2.24) is 10.2 Å². The van der Waals surface area contributed by atoms with Crippen molar-refractivity contribution in [3.63, 3.8) is 0 Å². The summed E-state index contributed by atoms with van der Waals surface area (Å²) in [5, 5.41) is 12.1. The molecule has 2 N–H and O–H groups in total. The molecule has 1 aliphatic heterocycles. The fourth-order valence-corrected chi connectivity index (χ4v) is 5.02. The number of rotatable bonds is 7. The Kier molecular flexibility index (Phi) is 7.20. The lowest BCUT2D eigenvalue weighted by Crippen LogP contribution is -2.46. The maximum atomic E-state index is 12.7. The third-order valence-corrected chi connectivity index (χ3v) is 7.09. The number of fused-ring (bicyclic) bond motifs is 3. The number of carboxylic acid groups (broad SMARTS) is 1. The van der Waals surface area contributed by atoms with Gasteiger partial charge in [-0.15, -0.1) is 0 Å². The number of nitrogens with zero attached hydrogens (tertiary/aromatic N) is 1. The van der Waals surface area contributed by atoms with Crippen LogP contribution >= 0.6 is 0 Å². The Bertz CT molecular complexity index is 1020. The number of carboxylic acids is 1. The van der Waals surface area contributed by atoms with Crippen molar-refractivity contribution in [3.8, 4) is 11.1 Å². The van der Waals surface area contributed by atoms with E-state index in [1.54, 1.807) is 4.90 Å². The van der Waals surface area contributed by atoms with Crippen LogP contribution in [0, 0.1) is 17.8 Å². The molecule has 0 saturated carbocycles. The highest BCUT2D eigenvalue weighted by atomic mass is 16.5. The quantitative estimate of drug-likeness (QED) is 0.643. The molecule has 0 bridgehead atoms. The molecule has 0 spiro atoms. The number of hydrogen-bond donors (Lipinski definition) is 2. The third-order valence-electron chi connectivity index (χ3n) is 7.09. The maximum Gasteiger partial charge on any atom is 0.407 e. The van der Waals surface area contributed by atoms with Gasteiger partial charge in [0, 0.05) is 32.0 Å². The molecule has 3 unspecified atom stereocenters. The monoisotopic (exact) mass is 464 g/mol. The average molecular weight is 465 g/mol. The second-order valence-electron chi connectivity index (χ2n) is 9.57. The number of benzene rings is 2. The first-order valence-corrected chi connectivity index (χ1v) is 11.9. The molecule has 2 aliphatic rings. The Balaban J connectivity index is 1.25. The van der Waals surface area contributed by atoms with E-state index in [-0.39, 0.29) is 43.2 Å². The van der Waals surface area contributed by atoms with Crippen molar-refractivity contribution in [3.05, 3.63) is 59.7 Å². The molecule has 7 heteroatoms. The smallest absolute Gasteiger partial charge is 0.407 e. The lowest BCUT2D eigenvalue weighted by molar-refractivity contribution is -0.148. The Morgan fingerprint density at radius 3 is 2.32 bits per heavy atom. The van der Waals surface area contributed by atoms with E-state index in [1.165, 1.54) is 11.1 Å². The molecule has 4 rings (SSSR count). The lowest BCUT2D eigenvalue weighted by atomic mass is 9.87. The number of aliphatic carboxylic acids is 1. The van der Waals surface area contributed by atoms with Crippen LogP contribution in [0.15, 0.2) is 48.5 Å². The maximum absolute atomic E-state index is 12.7. The number of alkyl carbamates (subject to hydrolysis) is 1. The molecule has 2 aromatic carbocycles. The number of piperidine rings is 1. The summed E-state index contributed by atoms with van der Waals surface area (Å²) in [6.45, 7) is 5.20. The average Bonchev–Trinajstić information content (AvgIpc) is 3.15. The first-order chi connectivity index (χ1) is 16.3. The van der Waals surface area contributed by atoms with E-state index in [1.807, 2.05) is 38.1 Å². The summed E-state index contributed by atoms with van der Waals surface area (Å²) in [6.07, 6.45) is 0.443. The van der Waals surface area contributed by atoms with E-state index in [9.17, 15) is 19.5 Å². The molecule has 2 aromatic rings. The first-order valence-electron chi connectivity index (χ1n) is 11.9. The molecule has 1 saturated heterocycles. The van der Waals surface area contributed by atoms with Crippen molar-refractivity contribution < 1.29 is 24.2 Å². The highest BCUT2D eigenvalue weighted by Gasteiger charge is 2.34. The topological polar surface area (TPSA) is 95.9 Å². The van der Waals surface area contributed by atoms with E-state index < -0.39 is 18.0 Å². The van der Waals surface area contributed by atoms with Crippen molar-refractivity contribution in [2.75, 3.05) is 26.2 Å². The standard InChI is InChI=1S/C27H32N2O5/c1-17(13-25(30)29-12-11-18(2)23(15-29)26(31)32)14-28-27(33)34-16-24-21-9-5-3-7-19(21)20-8-4-6-10-22(20)24/h3-10,17-18,23-24H,11-16H2,1-2H3,(H,28,33)(H,31,32). The molecule has 3 atom stereocenters. The van der Waals surface area contributed by atoms with E-state index >= 15 is 0 Å². The second kappa shape index (κ2) is 10.3. The molecule has 180 valence electrons. The predicted molar refractivity (Wildman–Crippen MR) is 128 cm³/mol. The fraction of sp³-hybridized carbons (Fsp3) is 0.444. The largest absolute Gasteiger partial charge is 0.481 e. The van der Waals surface area contributed by atoms with Crippen LogP contribution in [0.2, 0.25) is 0 Å². The van der Waals surface area contributed by atoms with E-state index in [0.717, 1.165) is 11.1 Å². The second-order valence-corrected chi connectivity index (χ2v) is 9.57. The molecular weight excluding hydrogens is 432 g/mol. The van der Waals surface area contributed by atoms with E-state index in [0.29, 0.717) is 19.5 Å². The summed E-state index contributed by atoms with van der Waals surface area (Å²) >= 11 is 0. The summed E-state index contributed by atoms with van der Waals surface area (Å²) in [5.74, 6) is -1.47. The SMILES string of the molecule is CC(CNC(=O)OCC1c2ccccc2-c2ccccc21)CC(=O)N1CCC(C)C(C(=O)O)C1. The van der Waals surface area contributed by atoms with Crippen LogP contribution in [-0.2, 0) is 14.3 Å². The van der Waals surface area contributed by atoms with Gasteiger partial charge in [0.15, 0.2) is 0 Å². The number of carbonyl (C=O) groups excluding carboxylic acids is 2. The van der Waals surface area contributed by atoms with Gasteiger partial charge in [0.25, 0.3) is 0 Å². The molecule has 0 radical (unpaired) electrons. The molecule has 1 aliphatic carbocycles. The van der Waals surface area contributed by atoms with Crippen LogP contribution in [0.5, 0.6) is 0 Å². The number of carbonyl (C=O) groups is 3. The van der Waals surface area contributed by atoms with Gasteiger partial charge in [0.1, 0.15) is 6.61 Å². The Morgan fingerprint density at radius 1 is 1.09 bits per heavy atom. The lowest BCUT2D eigenvalue weighted by Gasteiger charge is -2.35. The number of amides is 2. The van der Waals surface area contributed by atoms with Gasteiger partial charge in [-0.05, 0) is 40.5 Å². The van der Waals surface area contributed by atoms with Crippen LogP contribution in [0.1, 0.15) is 43.7 Å². The Hall–Kier alpha value is -3.35. The highest BCUT2D eigenvalue weighted by Crippen LogP contribution is 2.44. The third kappa shape index (κ3) is 5.08. The van der Waals surface area contributed by atoms with E-state index in [2.05, 4.69) is 29.6 Å². The van der Waals surface area contributed by atoms with Crippen molar-refractivity contribution >= 4 is 18.0 Å². The number of nitrogens with one attached hydrogen (secondary N) is 1. The van der Waals surface area contributed by atoms with Crippen molar-refractivity contribution in [1.29, 1.82) is 0 Å². The molecule has 1 fully saturated rings. The summed E-state index contributed by atoms with van der Waals surface area (Å²) in [4.78, 5) is 38.1. The van der Waals surface area contributed by atoms with Gasteiger partial charge < -0.3 is 20.1 Å². The van der Waals surface area contributed by atoms with Crippen LogP contribution in [0.25, 0.3) is 11.1 Å². The zero-order valence-corrected chi connectivity index (χ0v) is 19.7. The Labute approximate surface area is 200 Å². The van der Waals surface area contributed by atoms with Crippen LogP contribution < -0.4 is 5.32 Å². The minimum Gasteiger partial charge on any atom is -0.481 e. The molecule has 34 heavy (non-hydrogen) atoms. The predicted octanol–water partition coefficient (Wildman–Crippen LogP) is 4.12. The van der Waals surface area contributed by atoms with E-state index in [4.69, 9.17) is 4.74 Å². The highest BCUT2D eigenvalue weighted by molar-refractivity contribution is 5.79. The molecule has 0 aromatic heterocycles. The normalized spacial score (nSPS) is 20.2. The minimum absolute atomic E-state index is 0.000764. The number of hydrogen-bond acceptors (Lipinski definition) is 4. The van der Waals surface area contributed by atoms with Crippen molar-refractivity contribution in [2.24, 2.45) is 17.8 Å². The molecule has 2 amide bonds. The Morgan fingerprint density at radius 2 is 1.71 bits per heavy atom. The van der Waals surface area contributed by atoms with Crippen LogP contribution in [0.3, 0.4) is 0 Å². The van der Waals surface area contributed by atoms with Crippen LogP contribution in [0.4, 0.5) is 4.79 Å². The number of likely N-dealkylation sites (tertiary alicyclic amines) is 1. The summed E-state index contributed by atoms with van der Waals surface area (Å²) < 4.78 is 5.55. The summed E-state index contributed by atoms with van der Waals surface area (Å²) in [7, 11) is 0. The first kappa shape index (κ1) is 23.8. The van der Waals surface area contributed by atoms with Crippen molar-refractivity contribution in [2.45, 2.75) is 32.6 Å². The van der Waals surface area contributed by atoms with Gasteiger partial charge in [0.2, 0.25) is 5.91 Å². The molecule has 7 nitrogen and oxygen atoms in total. The van der Waals surface area contributed by atoms with Gasteiger partial charge in [-0.3, -0.25) is 9.59 Å². The minimum atomic E-state index is -0.852. The van der Waals surface area contributed by atoms with Gasteiger partial charge in [-0.2, -0.15) is 0 Å². The van der Waals surface area contributed by atoms with Gasteiger partial charge in [-0.1, -0.05) is 62.4 Å². The zero-order valence-electron chi connectivity index (χ0n) is 19.7. The summed E-state index contributed by atoms with van der Waals surface area (Å²) in [5.41, 5.74) is 4.67. The van der Waals surface area contributed by atoms with Crippen LogP contribution in [-0.4, -0.2) is 54.2 Å². The van der Waals surface area contributed by atoms with Gasteiger partial charge in [0.05, 0.1) is 5.92 Å². The zero-order chi connectivity index (χ0) is 24.2. The molecular formula is C27H32N2O5. The fourth-order valence-electron chi connectivity index (χ4n) is 5.02. The van der Waals surface area contributed by atoms with Gasteiger partial charge in [-0.25, -0.2) is 4.79 Å². The van der Waals surface area contributed by atoms with Gasteiger partial charge >= 0.3 is 12.1 Å². The number of ether oxygens (including phenoxy) is 1.